The lowest BCUT2D eigenvalue weighted by Gasteiger charge is -2.36. The number of nitrogens with zero attached hydrogens (tertiary/aromatic N) is 2. The molecule has 2 aliphatic heterocycles. The van der Waals surface area contributed by atoms with E-state index in [4.69, 9.17) is 9.47 Å². The third kappa shape index (κ3) is 3.39. The van der Waals surface area contributed by atoms with Gasteiger partial charge in [-0.15, -0.1) is 0 Å². The summed E-state index contributed by atoms with van der Waals surface area (Å²) in [6.07, 6.45) is 3.21. The van der Waals surface area contributed by atoms with E-state index in [1.165, 1.54) is 12.3 Å². The van der Waals surface area contributed by atoms with Crippen LogP contribution in [0.15, 0.2) is 41.3 Å². The van der Waals surface area contributed by atoms with E-state index >= 15 is 4.39 Å². The second-order valence-corrected chi connectivity index (χ2v) is 8.70. The number of carbonyl (C=O) groups is 1. The largest absolute Gasteiger partial charge is 0.477 e. The molecule has 9 heteroatoms. The zero-order chi connectivity index (χ0) is 22.7. The van der Waals surface area contributed by atoms with Crippen LogP contribution in [0.5, 0.6) is 11.5 Å². The SMILES string of the molecule is O=C(O)c1cn(C2CC2)c2cc(N3CCNC(c4ccc5c(c4)OCO5)C3)c(F)cc2c1=O. The van der Waals surface area contributed by atoms with E-state index in [-0.39, 0.29) is 29.8 Å². The van der Waals surface area contributed by atoms with Gasteiger partial charge in [-0.1, -0.05) is 6.07 Å². The van der Waals surface area contributed by atoms with Crippen LogP contribution in [-0.4, -0.2) is 42.1 Å². The first kappa shape index (κ1) is 20.0. The van der Waals surface area contributed by atoms with E-state index in [0.29, 0.717) is 42.3 Å². The van der Waals surface area contributed by atoms with Crippen LogP contribution in [0.1, 0.15) is 40.8 Å². The number of benzene rings is 2. The van der Waals surface area contributed by atoms with Crippen LogP contribution in [0.4, 0.5) is 10.1 Å². The molecular weight excluding hydrogens is 429 g/mol. The van der Waals surface area contributed by atoms with Gasteiger partial charge in [0, 0.05) is 43.3 Å². The van der Waals surface area contributed by atoms with E-state index in [1.807, 2.05) is 27.7 Å². The second kappa shape index (κ2) is 7.48. The van der Waals surface area contributed by atoms with Crippen molar-refractivity contribution in [1.82, 2.24) is 9.88 Å². The molecule has 3 aliphatic rings. The molecule has 1 saturated carbocycles. The Hall–Kier alpha value is -3.59. The number of rotatable bonds is 4. The van der Waals surface area contributed by atoms with Crippen molar-refractivity contribution in [2.75, 3.05) is 31.3 Å². The number of carboxylic acids is 1. The highest BCUT2D eigenvalue weighted by Crippen LogP contribution is 2.39. The first-order valence-electron chi connectivity index (χ1n) is 11.0. The van der Waals surface area contributed by atoms with E-state index < -0.39 is 17.2 Å². The van der Waals surface area contributed by atoms with Gasteiger partial charge in [-0.05, 0) is 42.7 Å². The number of halogens is 1. The minimum Gasteiger partial charge on any atom is -0.477 e. The fourth-order valence-corrected chi connectivity index (χ4v) is 4.73. The maximum atomic E-state index is 15.3. The Morgan fingerprint density at radius 3 is 2.76 bits per heavy atom. The van der Waals surface area contributed by atoms with Gasteiger partial charge < -0.3 is 29.4 Å². The summed E-state index contributed by atoms with van der Waals surface area (Å²) in [6.45, 7) is 1.99. The van der Waals surface area contributed by atoms with Crippen LogP contribution >= 0.6 is 0 Å². The van der Waals surface area contributed by atoms with Gasteiger partial charge in [-0.2, -0.15) is 0 Å². The number of carboxylic acid groups (broad SMARTS) is 1. The molecular formula is C24H22FN3O5. The summed E-state index contributed by atoms with van der Waals surface area (Å²) in [5.41, 5.74) is 1.02. The number of pyridine rings is 1. The van der Waals surface area contributed by atoms with Crippen LogP contribution in [-0.2, 0) is 0 Å². The quantitative estimate of drug-likeness (QED) is 0.630. The molecule has 2 N–H and O–H groups in total. The molecule has 6 rings (SSSR count). The van der Waals surface area contributed by atoms with Crippen molar-refractivity contribution >= 4 is 22.6 Å². The molecule has 3 heterocycles. The van der Waals surface area contributed by atoms with Gasteiger partial charge >= 0.3 is 5.97 Å². The minimum absolute atomic E-state index is 0.0386. The van der Waals surface area contributed by atoms with Gasteiger partial charge in [-0.3, -0.25) is 4.79 Å². The van der Waals surface area contributed by atoms with Gasteiger partial charge in [-0.25, -0.2) is 9.18 Å². The predicted molar refractivity (Wildman–Crippen MR) is 119 cm³/mol. The van der Waals surface area contributed by atoms with Crippen molar-refractivity contribution in [3.05, 3.63) is 63.7 Å². The van der Waals surface area contributed by atoms with Gasteiger partial charge in [0.05, 0.1) is 11.2 Å². The van der Waals surface area contributed by atoms with E-state index in [0.717, 1.165) is 18.4 Å². The topological polar surface area (TPSA) is 93.0 Å². The van der Waals surface area contributed by atoms with Gasteiger partial charge in [0.1, 0.15) is 11.4 Å². The Morgan fingerprint density at radius 2 is 1.97 bits per heavy atom. The first-order chi connectivity index (χ1) is 16.0. The number of nitrogens with one attached hydrogen (secondary N) is 1. The predicted octanol–water partition coefficient (Wildman–Crippen LogP) is 3.05. The molecule has 1 unspecified atom stereocenters. The number of aromatic nitrogens is 1. The normalized spacial score (nSPS) is 19.8. The number of piperazine rings is 1. The summed E-state index contributed by atoms with van der Waals surface area (Å²) >= 11 is 0. The second-order valence-electron chi connectivity index (χ2n) is 8.70. The van der Waals surface area contributed by atoms with E-state index in [9.17, 15) is 14.7 Å². The fourth-order valence-electron chi connectivity index (χ4n) is 4.73. The molecule has 1 atom stereocenters. The lowest BCUT2D eigenvalue weighted by molar-refractivity contribution is 0.0695. The Morgan fingerprint density at radius 1 is 1.15 bits per heavy atom. The van der Waals surface area contributed by atoms with Crippen LogP contribution in [0.3, 0.4) is 0 Å². The van der Waals surface area contributed by atoms with Gasteiger partial charge in [0.15, 0.2) is 11.5 Å². The van der Waals surface area contributed by atoms with Crippen LogP contribution in [0, 0.1) is 5.82 Å². The highest BCUT2D eigenvalue weighted by Gasteiger charge is 2.29. The highest BCUT2D eigenvalue weighted by atomic mass is 19.1. The average Bonchev–Trinajstić information content (AvgIpc) is 3.55. The van der Waals surface area contributed by atoms with Crippen molar-refractivity contribution in [3.8, 4) is 11.5 Å². The van der Waals surface area contributed by atoms with Crippen molar-refractivity contribution in [2.45, 2.75) is 24.9 Å². The number of hydrogen-bond donors (Lipinski definition) is 2. The molecule has 0 amide bonds. The molecule has 0 spiro atoms. The standard InChI is InChI=1S/C24H22FN3O5/c25-17-8-15-19(28(14-2-3-14)10-16(23(15)29)24(30)31)9-20(17)27-6-5-26-18(11-27)13-1-4-21-22(7-13)33-12-32-21/h1,4,7-10,14,18,26H,2-3,5-6,11-12H2,(H,30,31). The molecule has 0 radical (unpaired) electrons. The Balaban J connectivity index is 1.39. The average molecular weight is 451 g/mol. The number of ether oxygens (including phenoxy) is 2. The molecule has 2 fully saturated rings. The molecule has 0 bridgehead atoms. The molecule has 3 aromatic rings. The molecule has 1 aromatic heterocycles. The monoisotopic (exact) mass is 451 g/mol. The summed E-state index contributed by atoms with van der Waals surface area (Å²) in [5, 5.41) is 13.0. The molecule has 1 saturated heterocycles. The molecule has 8 nitrogen and oxygen atoms in total. The van der Waals surface area contributed by atoms with Crippen molar-refractivity contribution in [3.63, 3.8) is 0 Å². The summed E-state index contributed by atoms with van der Waals surface area (Å²) in [4.78, 5) is 26.3. The smallest absolute Gasteiger partial charge is 0.341 e. The zero-order valence-electron chi connectivity index (χ0n) is 17.7. The third-order valence-corrected chi connectivity index (χ3v) is 6.59. The maximum absolute atomic E-state index is 15.3. The summed E-state index contributed by atoms with van der Waals surface area (Å²) in [6, 6.07) is 8.77. The van der Waals surface area contributed by atoms with Crippen LogP contribution < -0.4 is 25.1 Å². The summed E-state index contributed by atoms with van der Waals surface area (Å²) < 4.78 is 28.0. The number of anilines is 1. The minimum atomic E-state index is -1.30. The lowest BCUT2D eigenvalue weighted by atomic mass is 10.0. The molecule has 2 aromatic carbocycles. The number of hydrogen-bond acceptors (Lipinski definition) is 6. The molecule has 1 aliphatic carbocycles. The van der Waals surface area contributed by atoms with E-state index in [1.54, 1.807) is 6.07 Å². The van der Waals surface area contributed by atoms with E-state index in [2.05, 4.69) is 5.32 Å². The van der Waals surface area contributed by atoms with Gasteiger partial charge in [0.25, 0.3) is 0 Å². The summed E-state index contributed by atoms with van der Waals surface area (Å²) in [5.74, 6) is -0.415. The van der Waals surface area contributed by atoms with Crippen LogP contribution in [0.2, 0.25) is 0 Å². The molecule has 33 heavy (non-hydrogen) atoms. The Labute approximate surface area is 188 Å². The highest BCUT2D eigenvalue weighted by molar-refractivity contribution is 5.93. The molecule has 170 valence electrons. The van der Waals surface area contributed by atoms with Crippen molar-refractivity contribution in [2.24, 2.45) is 0 Å². The third-order valence-electron chi connectivity index (χ3n) is 6.59. The number of aromatic carboxylic acids is 1. The zero-order valence-corrected chi connectivity index (χ0v) is 17.7. The van der Waals surface area contributed by atoms with Crippen molar-refractivity contribution < 1.29 is 23.8 Å². The Kier molecular flexibility index (Phi) is 4.55. The first-order valence-corrected chi connectivity index (χ1v) is 11.0. The van der Waals surface area contributed by atoms with Crippen LogP contribution in [0.25, 0.3) is 10.9 Å². The fraction of sp³-hybridized carbons (Fsp3) is 0.333. The van der Waals surface area contributed by atoms with Crippen molar-refractivity contribution in [1.29, 1.82) is 0 Å². The number of fused-ring (bicyclic) bond motifs is 2. The lowest BCUT2D eigenvalue weighted by Crippen LogP contribution is -2.46. The summed E-state index contributed by atoms with van der Waals surface area (Å²) in [7, 11) is 0. The maximum Gasteiger partial charge on any atom is 0.341 e. The Bertz CT molecular complexity index is 1350. The van der Waals surface area contributed by atoms with Gasteiger partial charge in [0.2, 0.25) is 12.2 Å².